The molecule has 162 valence electrons. The maximum absolute atomic E-state index is 10.6. The van der Waals surface area contributed by atoms with Crippen LogP contribution in [0.5, 0.6) is 0 Å². The molecule has 0 aliphatic carbocycles. The molecule has 0 heterocycles. The zero-order chi connectivity index (χ0) is 23.4. The normalized spacial score (nSPS) is 10.5. The summed E-state index contributed by atoms with van der Waals surface area (Å²) in [5, 5.41) is 21.4. The molecule has 0 atom stereocenters. The van der Waals surface area contributed by atoms with Gasteiger partial charge < -0.3 is 20.2 Å². The van der Waals surface area contributed by atoms with Gasteiger partial charge in [0.15, 0.2) is 0 Å². The molecule has 1 amide bonds. The number of carboxylic acids is 3. The summed E-state index contributed by atoms with van der Waals surface area (Å²) in [7, 11) is 3.45. The van der Waals surface area contributed by atoms with Crippen molar-refractivity contribution in [2.24, 2.45) is 0 Å². The van der Waals surface area contributed by atoms with E-state index in [1.807, 2.05) is 0 Å². The molecule has 0 saturated carbocycles. The quantitative estimate of drug-likeness (QED) is 0.502. The molecule has 27 heavy (non-hydrogen) atoms. The smallest absolute Gasteiger partial charge is 0.475 e. The molecule has 0 aliphatic rings. The number of rotatable bonds is 0. The van der Waals surface area contributed by atoms with Gasteiger partial charge >= 0.3 is 36.4 Å². The molecule has 0 fully saturated rings. The van der Waals surface area contributed by atoms with Crippen molar-refractivity contribution in [2.45, 2.75) is 25.5 Å². The van der Waals surface area contributed by atoms with Gasteiger partial charge in [-0.05, 0) is 0 Å². The summed E-state index contributed by atoms with van der Waals surface area (Å²) in [6, 6.07) is 0. The summed E-state index contributed by atoms with van der Waals surface area (Å²) in [6.45, 7) is 1.53. The minimum atomic E-state index is -5.08. The van der Waals surface area contributed by atoms with Crippen molar-refractivity contribution in [1.29, 1.82) is 0 Å². The Labute approximate surface area is 143 Å². The second-order valence-corrected chi connectivity index (χ2v) is 3.82. The number of nitrogens with zero attached hydrogens (tertiary/aromatic N) is 1. The molecule has 8 nitrogen and oxygen atoms in total. The van der Waals surface area contributed by atoms with E-state index in [-0.39, 0.29) is 5.91 Å². The van der Waals surface area contributed by atoms with Crippen LogP contribution in [-0.2, 0) is 19.2 Å². The summed E-state index contributed by atoms with van der Waals surface area (Å²) in [4.78, 5) is 38.3. The van der Waals surface area contributed by atoms with Crippen LogP contribution in [0.4, 0.5) is 39.5 Å². The third kappa shape index (κ3) is 28.3. The highest BCUT2D eigenvalue weighted by Crippen LogP contribution is 2.14. The minimum Gasteiger partial charge on any atom is -0.475 e. The Morgan fingerprint density at radius 2 is 0.667 bits per heavy atom. The molecule has 0 radical (unpaired) electrons. The first-order valence-electron chi connectivity index (χ1n) is 5.56. The van der Waals surface area contributed by atoms with Gasteiger partial charge in [0.25, 0.3) is 0 Å². The van der Waals surface area contributed by atoms with E-state index in [0.29, 0.717) is 0 Å². The lowest BCUT2D eigenvalue weighted by Crippen LogP contribution is -2.21. The van der Waals surface area contributed by atoms with Crippen LogP contribution in [0.1, 0.15) is 6.92 Å². The lowest BCUT2D eigenvalue weighted by Gasteiger charge is -2.02. The fraction of sp³-hybridized carbons (Fsp3) is 0.600. The Bertz CT molecular complexity index is 438. The number of carboxylic acid groups (broad SMARTS) is 3. The number of carbonyl (C=O) groups excluding carboxylic acids is 1. The van der Waals surface area contributed by atoms with Gasteiger partial charge in [-0.3, -0.25) is 4.79 Å². The summed E-state index contributed by atoms with van der Waals surface area (Å²) < 4.78 is 95.2. The third-order valence-corrected chi connectivity index (χ3v) is 1.36. The molecule has 0 aromatic rings. The molecule has 0 aromatic carbocycles. The molecule has 0 spiro atoms. The average Bonchev–Trinajstić information content (AvgIpc) is 2.36. The highest BCUT2D eigenvalue weighted by molar-refractivity contribution is 5.73. The number of amides is 1. The van der Waals surface area contributed by atoms with Gasteiger partial charge in [0, 0.05) is 21.0 Å². The van der Waals surface area contributed by atoms with Crippen molar-refractivity contribution < 1.29 is 74.0 Å². The predicted octanol–water partition coefficient (Wildman–Crippen LogP) is 1.99. The lowest BCUT2D eigenvalue weighted by atomic mass is 10.7. The molecule has 0 unspecified atom stereocenters. The third-order valence-electron chi connectivity index (χ3n) is 1.36. The Hall–Kier alpha value is -2.75. The molecule has 0 saturated heterocycles. The van der Waals surface area contributed by atoms with E-state index in [4.69, 9.17) is 29.7 Å². The molecule has 0 rings (SSSR count). The number of hydrogen-bond acceptors (Lipinski definition) is 4. The first-order chi connectivity index (χ1) is 11.5. The Kier molecular flexibility index (Phi) is 14.9. The molecule has 3 N–H and O–H groups in total. The van der Waals surface area contributed by atoms with Crippen LogP contribution in [0.25, 0.3) is 0 Å². The topological polar surface area (TPSA) is 132 Å². The van der Waals surface area contributed by atoms with Gasteiger partial charge in [-0.25, -0.2) is 14.4 Å². The van der Waals surface area contributed by atoms with Crippen LogP contribution in [0.3, 0.4) is 0 Å². The maximum Gasteiger partial charge on any atom is 0.490 e. The van der Waals surface area contributed by atoms with Gasteiger partial charge in [-0.1, -0.05) is 0 Å². The minimum absolute atomic E-state index is 0.0926. The summed E-state index contributed by atoms with van der Waals surface area (Å²) in [6.07, 6.45) is -15.3. The van der Waals surface area contributed by atoms with E-state index >= 15 is 0 Å². The van der Waals surface area contributed by atoms with E-state index in [0.717, 1.165) is 0 Å². The first-order valence-corrected chi connectivity index (χ1v) is 5.56. The molecule has 17 heteroatoms. The number of hydrogen-bond donors (Lipinski definition) is 3. The standard InChI is InChI=1S/C4H9NO.3C2HF3O2/c1-4(6)5(2)3;3*3-2(4,5)1(6)7/h1-3H3;3*(H,6,7). The zero-order valence-corrected chi connectivity index (χ0v) is 13.3. The van der Waals surface area contributed by atoms with Gasteiger partial charge in [-0.2, -0.15) is 39.5 Å². The zero-order valence-electron chi connectivity index (χ0n) is 13.3. The molecular formula is C10H12F9NO7. The second-order valence-electron chi connectivity index (χ2n) is 3.82. The van der Waals surface area contributed by atoms with Crippen molar-refractivity contribution in [3.8, 4) is 0 Å². The fourth-order valence-corrected chi connectivity index (χ4v) is 0. The van der Waals surface area contributed by atoms with Crippen molar-refractivity contribution in [3.63, 3.8) is 0 Å². The molecule has 0 bridgehead atoms. The van der Waals surface area contributed by atoms with Crippen LogP contribution in [-0.4, -0.2) is 76.7 Å². The van der Waals surface area contributed by atoms with Crippen LogP contribution in [0, 0.1) is 0 Å². The largest absolute Gasteiger partial charge is 0.490 e. The van der Waals surface area contributed by atoms with Gasteiger partial charge in [0.2, 0.25) is 5.91 Å². The lowest BCUT2D eigenvalue weighted by molar-refractivity contribution is -0.193. The Morgan fingerprint density at radius 3 is 0.667 bits per heavy atom. The van der Waals surface area contributed by atoms with Crippen molar-refractivity contribution in [3.05, 3.63) is 0 Å². The molecule has 0 aromatic heterocycles. The first kappa shape index (κ1) is 32.0. The van der Waals surface area contributed by atoms with Gasteiger partial charge in [0.1, 0.15) is 0 Å². The van der Waals surface area contributed by atoms with Crippen LogP contribution in [0.2, 0.25) is 0 Å². The number of aliphatic carboxylic acids is 3. The maximum atomic E-state index is 10.6. The van der Waals surface area contributed by atoms with Crippen LogP contribution >= 0.6 is 0 Å². The van der Waals surface area contributed by atoms with Crippen molar-refractivity contribution in [1.82, 2.24) is 4.90 Å². The van der Waals surface area contributed by atoms with Gasteiger partial charge in [0.05, 0.1) is 0 Å². The van der Waals surface area contributed by atoms with Crippen LogP contribution < -0.4 is 0 Å². The summed E-state index contributed by atoms with van der Waals surface area (Å²) in [5.41, 5.74) is 0. The van der Waals surface area contributed by atoms with E-state index in [1.165, 1.54) is 11.8 Å². The Balaban J connectivity index is -0.000000131. The molecular weight excluding hydrogens is 417 g/mol. The van der Waals surface area contributed by atoms with E-state index in [1.54, 1.807) is 14.1 Å². The van der Waals surface area contributed by atoms with Crippen molar-refractivity contribution >= 4 is 23.8 Å². The highest BCUT2D eigenvalue weighted by atomic mass is 19.4. The number of halogens is 9. The summed E-state index contributed by atoms with van der Waals surface area (Å²) in [5.74, 6) is -8.18. The second kappa shape index (κ2) is 12.6. The van der Waals surface area contributed by atoms with Gasteiger partial charge in [-0.15, -0.1) is 0 Å². The predicted molar refractivity (Wildman–Crippen MR) is 65.4 cm³/mol. The molecule has 0 aliphatic heterocycles. The fourth-order valence-electron chi connectivity index (χ4n) is 0. The average molecular weight is 429 g/mol. The highest BCUT2D eigenvalue weighted by Gasteiger charge is 2.39. The van der Waals surface area contributed by atoms with Crippen LogP contribution in [0.15, 0.2) is 0 Å². The monoisotopic (exact) mass is 429 g/mol. The summed E-state index contributed by atoms with van der Waals surface area (Å²) >= 11 is 0. The van der Waals surface area contributed by atoms with E-state index in [2.05, 4.69) is 0 Å². The van der Waals surface area contributed by atoms with E-state index in [9.17, 15) is 44.3 Å². The van der Waals surface area contributed by atoms with Crippen molar-refractivity contribution in [2.75, 3.05) is 14.1 Å². The Morgan fingerprint density at radius 1 is 0.593 bits per heavy atom. The SMILES string of the molecule is CC(=O)N(C)C.O=C(O)C(F)(F)F.O=C(O)C(F)(F)F.O=C(O)C(F)(F)F. The number of carbonyl (C=O) groups is 4. The van der Waals surface area contributed by atoms with E-state index < -0.39 is 36.4 Å². The number of alkyl halides is 9.